The van der Waals surface area contributed by atoms with Gasteiger partial charge >= 0.3 is 0 Å². The molecule has 5 heteroatoms. The zero-order valence-electron chi connectivity index (χ0n) is 17.0. The summed E-state index contributed by atoms with van der Waals surface area (Å²) in [5.41, 5.74) is 0.940. The lowest BCUT2D eigenvalue weighted by atomic mass is 9.83. The third kappa shape index (κ3) is 4.95. The van der Waals surface area contributed by atoms with Crippen molar-refractivity contribution in [2.75, 3.05) is 27.3 Å². The van der Waals surface area contributed by atoms with E-state index in [-0.39, 0.29) is 11.9 Å². The van der Waals surface area contributed by atoms with Crippen LogP contribution in [0.4, 0.5) is 0 Å². The van der Waals surface area contributed by atoms with Crippen LogP contribution in [0.25, 0.3) is 0 Å². The molecule has 0 aromatic heterocycles. The quantitative estimate of drug-likeness (QED) is 0.786. The second-order valence-electron chi connectivity index (χ2n) is 7.98. The minimum absolute atomic E-state index is 0.0927. The lowest BCUT2D eigenvalue weighted by Crippen LogP contribution is -2.43. The minimum atomic E-state index is -0.127. The molecule has 0 radical (unpaired) electrons. The molecule has 1 saturated heterocycles. The Hall–Kier alpha value is -1.75. The van der Waals surface area contributed by atoms with Gasteiger partial charge in [-0.15, -0.1) is 0 Å². The van der Waals surface area contributed by atoms with E-state index in [9.17, 15) is 4.79 Å². The Labute approximate surface area is 163 Å². The summed E-state index contributed by atoms with van der Waals surface area (Å²) in [6.45, 7) is 3.54. The fourth-order valence-electron chi connectivity index (χ4n) is 4.83. The Kier molecular flexibility index (Phi) is 7.00. The van der Waals surface area contributed by atoms with Gasteiger partial charge in [-0.25, -0.2) is 0 Å². The van der Waals surface area contributed by atoms with Gasteiger partial charge in [-0.2, -0.15) is 0 Å². The average molecular weight is 375 g/mol. The van der Waals surface area contributed by atoms with Crippen molar-refractivity contribution >= 4 is 5.91 Å². The molecule has 150 valence electrons. The van der Waals surface area contributed by atoms with Crippen LogP contribution in [0.1, 0.15) is 63.5 Å². The van der Waals surface area contributed by atoms with Gasteiger partial charge in [-0.1, -0.05) is 19.3 Å². The maximum atomic E-state index is 12.7. The number of hydrogen-bond donors (Lipinski definition) is 1. The maximum Gasteiger partial charge on any atom is 0.234 e. The first kappa shape index (κ1) is 20.0. The van der Waals surface area contributed by atoms with E-state index in [1.54, 1.807) is 14.2 Å². The van der Waals surface area contributed by atoms with Gasteiger partial charge in [0.2, 0.25) is 5.91 Å². The number of rotatable bonds is 7. The molecule has 2 atom stereocenters. The predicted molar refractivity (Wildman–Crippen MR) is 107 cm³/mol. The Morgan fingerprint density at radius 1 is 1.15 bits per heavy atom. The normalized spacial score (nSPS) is 22.4. The number of likely N-dealkylation sites (tertiary alicyclic amines) is 1. The van der Waals surface area contributed by atoms with E-state index in [2.05, 4.69) is 10.2 Å². The SMILES string of the molecule is COc1ccc(OC)c([C@@H](C)NC(=O)CN2CCC[C@@H]2C2CCCCC2)c1. The largest absolute Gasteiger partial charge is 0.497 e. The molecule has 1 aliphatic carbocycles. The van der Waals surface area contributed by atoms with Gasteiger partial charge in [-0.05, 0) is 63.3 Å². The molecule has 1 heterocycles. The molecule has 1 aromatic rings. The number of nitrogens with zero attached hydrogens (tertiary/aromatic N) is 1. The van der Waals surface area contributed by atoms with Gasteiger partial charge in [0.25, 0.3) is 0 Å². The second-order valence-corrected chi connectivity index (χ2v) is 7.98. The van der Waals surface area contributed by atoms with E-state index in [1.165, 1.54) is 44.9 Å². The molecule has 3 rings (SSSR count). The molecule has 0 bridgehead atoms. The van der Waals surface area contributed by atoms with E-state index < -0.39 is 0 Å². The molecule has 2 fully saturated rings. The molecule has 1 amide bonds. The number of carbonyl (C=O) groups is 1. The van der Waals surface area contributed by atoms with E-state index in [1.807, 2.05) is 25.1 Å². The second kappa shape index (κ2) is 9.45. The van der Waals surface area contributed by atoms with Gasteiger partial charge in [0.1, 0.15) is 11.5 Å². The van der Waals surface area contributed by atoms with Gasteiger partial charge in [0.05, 0.1) is 26.8 Å². The van der Waals surface area contributed by atoms with E-state index in [0.29, 0.717) is 12.6 Å². The Morgan fingerprint density at radius 2 is 1.93 bits per heavy atom. The fourth-order valence-corrected chi connectivity index (χ4v) is 4.83. The van der Waals surface area contributed by atoms with Crippen LogP contribution in [0.2, 0.25) is 0 Å². The smallest absolute Gasteiger partial charge is 0.234 e. The number of nitrogens with one attached hydrogen (secondary N) is 1. The summed E-state index contributed by atoms with van der Waals surface area (Å²) in [5.74, 6) is 2.41. The standard InChI is InChI=1S/C22H34N2O3/c1-16(19-14-18(26-2)11-12-21(19)27-3)23-22(25)15-24-13-7-10-20(24)17-8-5-4-6-9-17/h11-12,14,16-17,20H,4-10,13,15H2,1-3H3,(H,23,25)/t16-,20-/m1/s1. The highest BCUT2D eigenvalue weighted by atomic mass is 16.5. The molecule has 1 saturated carbocycles. The van der Waals surface area contributed by atoms with Crippen LogP contribution in [0.3, 0.4) is 0 Å². The van der Waals surface area contributed by atoms with Gasteiger partial charge < -0.3 is 14.8 Å². The van der Waals surface area contributed by atoms with Crippen LogP contribution in [0, 0.1) is 5.92 Å². The van der Waals surface area contributed by atoms with Crippen LogP contribution in [-0.4, -0.2) is 44.2 Å². The number of ether oxygens (including phenoxy) is 2. The van der Waals surface area contributed by atoms with Crippen LogP contribution in [0.5, 0.6) is 11.5 Å². The maximum absolute atomic E-state index is 12.7. The molecule has 1 aliphatic heterocycles. The molecule has 0 spiro atoms. The molecule has 2 aliphatic rings. The van der Waals surface area contributed by atoms with Crippen LogP contribution in [-0.2, 0) is 4.79 Å². The third-order valence-corrected chi connectivity index (χ3v) is 6.24. The highest BCUT2D eigenvalue weighted by Gasteiger charge is 2.33. The van der Waals surface area contributed by atoms with Crippen molar-refractivity contribution in [2.24, 2.45) is 5.92 Å². The molecular formula is C22H34N2O3. The van der Waals surface area contributed by atoms with Crippen LogP contribution < -0.4 is 14.8 Å². The average Bonchev–Trinajstić information content (AvgIpc) is 3.15. The lowest BCUT2D eigenvalue weighted by Gasteiger charge is -2.34. The van der Waals surface area contributed by atoms with Crippen molar-refractivity contribution in [1.29, 1.82) is 0 Å². The predicted octanol–water partition coefficient (Wildman–Crippen LogP) is 3.93. The van der Waals surface area contributed by atoms with E-state index in [4.69, 9.17) is 9.47 Å². The number of hydrogen-bond acceptors (Lipinski definition) is 4. The minimum Gasteiger partial charge on any atom is -0.497 e. The molecule has 1 N–H and O–H groups in total. The fraction of sp³-hybridized carbons (Fsp3) is 0.682. The summed E-state index contributed by atoms with van der Waals surface area (Å²) in [5, 5.41) is 3.16. The summed E-state index contributed by atoms with van der Waals surface area (Å²) in [4.78, 5) is 15.2. The number of amides is 1. The van der Waals surface area contributed by atoms with E-state index >= 15 is 0 Å². The Bertz CT molecular complexity index is 628. The highest BCUT2D eigenvalue weighted by Crippen LogP contribution is 2.34. The van der Waals surface area contributed by atoms with Crippen LogP contribution in [0.15, 0.2) is 18.2 Å². The topological polar surface area (TPSA) is 50.8 Å². The Balaban J connectivity index is 1.60. The highest BCUT2D eigenvalue weighted by molar-refractivity contribution is 5.78. The summed E-state index contributed by atoms with van der Waals surface area (Å²) in [6.07, 6.45) is 9.22. The summed E-state index contributed by atoms with van der Waals surface area (Å²) < 4.78 is 10.8. The molecule has 0 unspecified atom stereocenters. The Morgan fingerprint density at radius 3 is 2.63 bits per heavy atom. The van der Waals surface area contributed by atoms with Crippen molar-refractivity contribution in [2.45, 2.75) is 64.0 Å². The zero-order valence-corrected chi connectivity index (χ0v) is 17.0. The van der Waals surface area contributed by atoms with Gasteiger partial charge in [0.15, 0.2) is 0 Å². The summed E-state index contributed by atoms with van der Waals surface area (Å²) in [6, 6.07) is 6.16. The molecular weight excluding hydrogens is 340 g/mol. The zero-order chi connectivity index (χ0) is 19.2. The van der Waals surface area contributed by atoms with Crippen molar-refractivity contribution in [1.82, 2.24) is 10.2 Å². The summed E-state index contributed by atoms with van der Waals surface area (Å²) >= 11 is 0. The van der Waals surface area contributed by atoms with Crippen molar-refractivity contribution < 1.29 is 14.3 Å². The first-order valence-electron chi connectivity index (χ1n) is 10.4. The van der Waals surface area contributed by atoms with Gasteiger partial charge in [-0.3, -0.25) is 9.69 Å². The van der Waals surface area contributed by atoms with E-state index in [0.717, 1.165) is 29.5 Å². The monoisotopic (exact) mass is 374 g/mol. The van der Waals surface area contributed by atoms with Crippen molar-refractivity contribution in [3.8, 4) is 11.5 Å². The molecule has 5 nitrogen and oxygen atoms in total. The number of carbonyl (C=O) groups excluding carboxylic acids is 1. The molecule has 27 heavy (non-hydrogen) atoms. The van der Waals surface area contributed by atoms with Crippen molar-refractivity contribution in [3.63, 3.8) is 0 Å². The van der Waals surface area contributed by atoms with Gasteiger partial charge in [0, 0.05) is 11.6 Å². The lowest BCUT2D eigenvalue weighted by molar-refractivity contribution is -0.123. The third-order valence-electron chi connectivity index (χ3n) is 6.24. The number of benzene rings is 1. The van der Waals surface area contributed by atoms with Crippen molar-refractivity contribution in [3.05, 3.63) is 23.8 Å². The first-order valence-corrected chi connectivity index (χ1v) is 10.4. The van der Waals surface area contributed by atoms with Crippen LogP contribution >= 0.6 is 0 Å². The summed E-state index contributed by atoms with van der Waals surface area (Å²) in [7, 11) is 3.30. The molecule has 1 aromatic carbocycles. The number of methoxy groups -OCH3 is 2. The first-order chi connectivity index (χ1) is 13.1.